The van der Waals surface area contributed by atoms with E-state index in [9.17, 15) is 17.6 Å². The molecular weight excluding hydrogens is 523 g/mol. The summed E-state index contributed by atoms with van der Waals surface area (Å²) in [5.74, 6) is 0.117. The number of carbonyl (C=O) groups is 1. The SMILES string of the molecule is CC(C)COc1cc(F)cc(-c2ccc(C(=O)NS(=O)(=O)c3cccc(N)n3)c(OC3C[C@H]4CCC3C4)n2)c1. The van der Waals surface area contributed by atoms with Crippen LogP contribution in [-0.2, 0) is 10.0 Å². The van der Waals surface area contributed by atoms with E-state index in [1.165, 1.54) is 42.5 Å². The zero-order valence-corrected chi connectivity index (χ0v) is 22.6. The third-order valence-electron chi connectivity index (χ3n) is 7.04. The molecule has 0 spiro atoms. The summed E-state index contributed by atoms with van der Waals surface area (Å²) in [5.41, 5.74) is 6.36. The third kappa shape index (κ3) is 6.13. The molecule has 3 atom stereocenters. The molecule has 2 aliphatic rings. The molecule has 39 heavy (non-hydrogen) atoms. The van der Waals surface area contributed by atoms with E-state index in [0.717, 1.165) is 25.7 Å². The topological polar surface area (TPSA) is 134 Å². The zero-order chi connectivity index (χ0) is 27.7. The lowest BCUT2D eigenvalue weighted by Gasteiger charge is -2.24. The van der Waals surface area contributed by atoms with Crippen molar-refractivity contribution < 1.29 is 27.1 Å². The van der Waals surface area contributed by atoms with E-state index in [-0.39, 0.29) is 34.3 Å². The van der Waals surface area contributed by atoms with Gasteiger partial charge in [0.15, 0.2) is 5.03 Å². The van der Waals surface area contributed by atoms with Crippen molar-refractivity contribution in [2.24, 2.45) is 17.8 Å². The van der Waals surface area contributed by atoms with Crippen LogP contribution in [-0.4, -0.2) is 37.0 Å². The number of nitrogens with two attached hydrogens (primary N) is 1. The van der Waals surface area contributed by atoms with Crippen LogP contribution in [0.1, 0.15) is 49.9 Å². The van der Waals surface area contributed by atoms with Crippen molar-refractivity contribution in [2.45, 2.75) is 50.7 Å². The van der Waals surface area contributed by atoms with Gasteiger partial charge in [0.25, 0.3) is 15.9 Å². The molecule has 3 N–H and O–H groups in total. The highest BCUT2D eigenvalue weighted by molar-refractivity contribution is 7.90. The molecule has 5 rings (SSSR count). The normalized spacial score (nSPS) is 20.3. The Kier molecular flexibility index (Phi) is 7.44. The fourth-order valence-electron chi connectivity index (χ4n) is 5.20. The number of benzene rings is 1. The average Bonchev–Trinajstić information content (AvgIpc) is 3.50. The summed E-state index contributed by atoms with van der Waals surface area (Å²) in [6.07, 6.45) is 3.95. The number of nitrogens with one attached hydrogen (secondary N) is 1. The van der Waals surface area contributed by atoms with Crippen LogP contribution in [0.15, 0.2) is 53.6 Å². The Bertz CT molecular complexity index is 1500. The van der Waals surface area contributed by atoms with Crippen molar-refractivity contribution in [1.29, 1.82) is 0 Å². The van der Waals surface area contributed by atoms with Gasteiger partial charge in [0.2, 0.25) is 5.88 Å². The Labute approximate surface area is 227 Å². The Morgan fingerprint density at radius 2 is 1.95 bits per heavy atom. The van der Waals surface area contributed by atoms with E-state index >= 15 is 0 Å². The molecule has 2 aromatic heterocycles. The second-order valence-electron chi connectivity index (χ2n) is 10.6. The van der Waals surface area contributed by atoms with E-state index in [1.54, 1.807) is 6.07 Å². The number of aromatic nitrogens is 2. The number of hydrogen-bond donors (Lipinski definition) is 2. The van der Waals surface area contributed by atoms with Gasteiger partial charge < -0.3 is 15.2 Å². The number of pyridine rings is 2. The molecule has 0 aliphatic heterocycles. The van der Waals surface area contributed by atoms with Crippen LogP contribution in [0.2, 0.25) is 0 Å². The molecule has 3 aromatic rings. The molecule has 2 bridgehead atoms. The Balaban J connectivity index is 1.47. The highest BCUT2D eigenvalue weighted by Gasteiger charge is 2.41. The molecular formula is C28H31FN4O5S. The van der Waals surface area contributed by atoms with Crippen molar-refractivity contribution in [3.8, 4) is 22.9 Å². The van der Waals surface area contributed by atoms with Gasteiger partial charge in [-0.25, -0.2) is 19.1 Å². The average molecular weight is 555 g/mol. The summed E-state index contributed by atoms with van der Waals surface area (Å²) >= 11 is 0. The highest BCUT2D eigenvalue weighted by Crippen LogP contribution is 2.46. The number of sulfonamides is 1. The van der Waals surface area contributed by atoms with E-state index < -0.39 is 21.7 Å². The molecule has 2 fully saturated rings. The zero-order valence-electron chi connectivity index (χ0n) is 21.8. The minimum atomic E-state index is -4.31. The first-order chi connectivity index (χ1) is 18.6. The van der Waals surface area contributed by atoms with Crippen LogP contribution in [0.4, 0.5) is 10.2 Å². The maximum Gasteiger partial charge on any atom is 0.281 e. The third-order valence-corrected chi connectivity index (χ3v) is 8.27. The quantitative estimate of drug-likeness (QED) is 0.393. The van der Waals surface area contributed by atoms with E-state index in [4.69, 9.17) is 15.2 Å². The first kappa shape index (κ1) is 26.9. The molecule has 0 radical (unpaired) electrons. The number of hydrogen-bond acceptors (Lipinski definition) is 8. The molecule has 206 valence electrons. The fraction of sp³-hybridized carbons (Fsp3) is 0.393. The molecule has 11 heteroatoms. The summed E-state index contributed by atoms with van der Waals surface area (Å²) in [5, 5.41) is -0.385. The summed E-state index contributed by atoms with van der Waals surface area (Å²) in [6.45, 7) is 4.41. The lowest BCUT2D eigenvalue weighted by Crippen LogP contribution is -2.32. The standard InChI is InChI=1S/C28H31FN4O5S/c1-16(2)15-37-21-13-19(12-20(29)14-21)23-9-8-22(28(31-23)38-24-11-17-6-7-18(24)10-17)27(34)33-39(35,36)26-5-3-4-25(30)32-26/h3-5,8-9,12-14,16-18,24H,6-7,10-11,15H2,1-2H3,(H2,30,32)(H,33,34)/t17-,18?,24?/m0/s1. The Morgan fingerprint density at radius 3 is 2.64 bits per heavy atom. The number of nitrogen functional groups attached to an aromatic ring is 1. The van der Waals surface area contributed by atoms with Crippen molar-refractivity contribution in [1.82, 2.24) is 14.7 Å². The fourth-order valence-corrected chi connectivity index (χ4v) is 6.15. The van der Waals surface area contributed by atoms with Crippen molar-refractivity contribution in [3.63, 3.8) is 0 Å². The smallest absolute Gasteiger partial charge is 0.281 e. The van der Waals surface area contributed by atoms with Crippen LogP contribution in [0.5, 0.6) is 11.6 Å². The minimum absolute atomic E-state index is 0.00323. The first-order valence-corrected chi connectivity index (χ1v) is 14.5. The molecule has 2 saturated carbocycles. The van der Waals surface area contributed by atoms with Gasteiger partial charge in [-0.3, -0.25) is 4.79 Å². The van der Waals surface area contributed by atoms with E-state index in [1.807, 2.05) is 18.6 Å². The maximum absolute atomic E-state index is 14.5. The van der Waals surface area contributed by atoms with Crippen molar-refractivity contribution in [2.75, 3.05) is 12.3 Å². The predicted octanol–water partition coefficient (Wildman–Crippen LogP) is 4.59. The minimum Gasteiger partial charge on any atom is -0.493 e. The lowest BCUT2D eigenvalue weighted by atomic mass is 9.98. The molecule has 0 saturated heterocycles. The molecule has 2 heterocycles. The van der Waals surface area contributed by atoms with Crippen LogP contribution >= 0.6 is 0 Å². The van der Waals surface area contributed by atoms with Gasteiger partial charge in [-0.2, -0.15) is 8.42 Å². The molecule has 1 aromatic carbocycles. The monoisotopic (exact) mass is 554 g/mol. The van der Waals surface area contributed by atoms with Crippen LogP contribution in [0.25, 0.3) is 11.3 Å². The van der Waals surface area contributed by atoms with E-state index in [0.29, 0.717) is 35.4 Å². The van der Waals surface area contributed by atoms with Gasteiger partial charge in [-0.05, 0) is 79.8 Å². The van der Waals surface area contributed by atoms with Crippen molar-refractivity contribution in [3.05, 3.63) is 59.9 Å². The molecule has 1 amide bonds. The van der Waals surface area contributed by atoms with Gasteiger partial charge in [-0.15, -0.1) is 0 Å². The molecule has 9 nitrogen and oxygen atoms in total. The number of nitrogens with zero attached hydrogens (tertiary/aromatic N) is 2. The van der Waals surface area contributed by atoms with Gasteiger partial charge in [0.05, 0.1) is 12.3 Å². The highest BCUT2D eigenvalue weighted by atomic mass is 32.2. The summed E-state index contributed by atoms with van der Waals surface area (Å²) in [4.78, 5) is 21.6. The van der Waals surface area contributed by atoms with E-state index in [2.05, 4.69) is 9.97 Å². The lowest BCUT2D eigenvalue weighted by molar-refractivity contribution is 0.0960. The Hall–Kier alpha value is -3.73. The largest absolute Gasteiger partial charge is 0.493 e. The Morgan fingerprint density at radius 1 is 1.13 bits per heavy atom. The van der Waals surface area contributed by atoms with Gasteiger partial charge in [0, 0.05) is 11.6 Å². The summed E-state index contributed by atoms with van der Waals surface area (Å²) in [7, 11) is -4.31. The molecule has 2 aliphatic carbocycles. The molecule has 2 unspecified atom stereocenters. The number of anilines is 1. The number of amides is 1. The van der Waals surface area contributed by atoms with Crippen LogP contribution < -0.4 is 19.9 Å². The van der Waals surface area contributed by atoms with Gasteiger partial charge in [0.1, 0.15) is 29.1 Å². The predicted molar refractivity (Wildman–Crippen MR) is 143 cm³/mol. The number of ether oxygens (including phenoxy) is 2. The number of fused-ring (bicyclic) bond motifs is 2. The summed E-state index contributed by atoms with van der Waals surface area (Å²) in [6, 6.07) is 11.4. The van der Waals surface area contributed by atoms with Gasteiger partial charge >= 0.3 is 0 Å². The number of halogens is 1. The maximum atomic E-state index is 14.5. The second-order valence-corrected chi connectivity index (χ2v) is 12.2. The van der Waals surface area contributed by atoms with Crippen LogP contribution in [0.3, 0.4) is 0 Å². The number of carbonyl (C=O) groups excluding carboxylic acids is 1. The summed E-state index contributed by atoms with van der Waals surface area (Å²) < 4.78 is 54.1. The second kappa shape index (κ2) is 10.8. The number of rotatable bonds is 9. The first-order valence-electron chi connectivity index (χ1n) is 13.0. The van der Waals surface area contributed by atoms with Crippen molar-refractivity contribution >= 4 is 21.7 Å². The van der Waals surface area contributed by atoms with Gasteiger partial charge in [-0.1, -0.05) is 19.9 Å². The van der Waals surface area contributed by atoms with Crippen LogP contribution in [0, 0.1) is 23.6 Å².